The molecule has 0 aliphatic carbocycles. The number of fused-ring (bicyclic) bond motifs is 1. The van der Waals surface area contributed by atoms with Crippen LogP contribution in [0.1, 0.15) is 89.5 Å². The van der Waals surface area contributed by atoms with Gasteiger partial charge in [-0.1, -0.05) is 114 Å². The Morgan fingerprint density at radius 1 is 0.733 bits per heavy atom. The van der Waals surface area contributed by atoms with E-state index in [1.807, 2.05) is 37.1 Å². The molecule has 0 aromatic heterocycles. The van der Waals surface area contributed by atoms with Gasteiger partial charge in [0.15, 0.2) is 0 Å². The molecule has 0 atom stereocenters. The van der Waals surface area contributed by atoms with E-state index < -0.39 is 10.1 Å². The van der Waals surface area contributed by atoms with Crippen LogP contribution in [0.3, 0.4) is 0 Å². The topological polar surface area (TPSA) is 71.4 Å². The van der Waals surface area contributed by atoms with Crippen molar-refractivity contribution in [1.82, 2.24) is 0 Å². The molecule has 0 bridgehead atoms. The minimum absolute atomic E-state index is 0.0914. The fourth-order valence-corrected chi connectivity index (χ4v) is 4.91. The SMILES string of the molecule is C=O.CCCCCCCCCCCCCCc1ccc2ccccc2c1S(=O)(=O)O. The molecule has 2 aromatic rings. The van der Waals surface area contributed by atoms with Gasteiger partial charge in [0.05, 0.1) is 0 Å². The molecule has 0 saturated heterocycles. The Kier molecular flexibility index (Phi) is 13.3. The summed E-state index contributed by atoms with van der Waals surface area (Å²) in [6, 6.07) is 11.1. The molecule has 0 fully saturated rings. The minimum atomic E-state index is -4.23. The normalized spacial score (nSPS) is 11.3. The maximum atomic E-state index is 11.9. The Labute approximate surface area is 182 Å². The van der Waals surface area contributed by atoms with Gasteiger partial charge in [0, 0.05) is 5.39 Å². The summed E-state index contributed by atoms with van der Waals surface area (Å²) in [5, 5.41) is 1.45. The van der Waals surface area contributed by atoms with Gasteiger partial charge < -0.3 is 4.79 Å². The van der Waals surface area contributed by atoms with Crippen LogP contribution in [0.25, 0.3) is 10.8 Å². The van der Waals surface area contributed by atoms with Crippen molar-refractivity contribution in [3.8, 4) is 0 Å². The van der Waals surface area contributed by atoms with E-state index in [2.05, 4.69) is 6.92 Å². The first-order valence-electron chi connectivity index (χ1n) is 11.3. The van der Waals surface area contributed by atoms with Crippen molar-refractivity contribution in [3.05, 3.63) is 42.0 Å². The van der Waals surface area contributed by atoms with Crippen molar-refractivity contribution >= 4 is 27.7 Å². The van der Waals surface area contributed by atoms with E-state index in [-0.39, 0.29) is 4.90 Å². The standard InChI is InChI=1S/C24H36O3S.CH2O/c1-2-3-4-5-6-7-8-9-10-11-12-13-17-22-20-19-21-16-14-15-18-23(21)24(22)28(25,26)27;1-2/h14-16,18-20H,2-13,17H2,1H3,(H,25,26,27);1H2. The molecule has 0 aliphatic heterocycles. The highest BCUT2D eigenvalue weighted by molar-refractivity contribution is 7.86. The van der Waals surface area contributed by atoms with Crippen molar-refractivity contribution < 1.29 is 17.8 Å². The molecule has 30 heavy (non-hydrogen) atoms. The number of benzene rings is 2. The summed E-state index contributed by atoms with van der Waals surface area (Å²) in [5.74, 6) is 0. The third kappa shape index (κ3) is 9.40. The number of hydrogen-bond donors (Lipinski definition) is 1. The number of unbranched alkanes of at least 4 members (excludes halogenated alkanes) is 11. The third-order valence-corrected chi connectivity index (χ3v) is 6.52. The van der Waals surface area contributed by atoms with Crippen LogP contribution in [-0.2, 0) is 21.3 Å². The number of carbonyl (C=O) groups excluding carboxylic acids is 1. The number of rotatable bonds is 14. The van der Waals surface area contributed by atoms with Gasteiger partial charge in [0.2, 0.25) is 0 Å². The Morgan fingerprint density at radius 3 is 1.77 bits per heavy atom. The van der Waals surface area contributed by atoms with Crippen LogP contribution < -0.4 is 0 Å². The third-order valence-electron chi connectivity index (χ3n) is 5.52. The van der Waals surface area contributed by atoms with Crippen LogP contribution in [0.2, 0.25) is 0 Å². The van der Waals surface area contributed by atoms with Crippen LogP contribution in [0.5, 0.6) is 0 Å². The van der Waals surface area contributed by atoms with Crippen LogP contribution in [-0.4, -0.2) is 19.8 Å². The molecule has 0 spiro atoms. The lowest BCUT2D eigenvalue weighted by atomic mass is 10.0. The quantitative estimate of drug-likeness (QED) is 0.253. The summed E-state index contributed by atoms with van der Waals surface area (Å²) < 4.78 is 33.6. The fourth-order valence-electron chi connectivity index (χ4n) is 3.95. The first kappa shape index (κ1) is 26.3. The highest BCUT2D eigenvalue weighted by Crippen LogP contribution is 2.28. The van der Waals surface area contributed by atoms with Crippen molar-refractivity contribution in [3.63, 3.8) is 0 Å². The largest absolute Gasteiger partial charge is 0.307 e. The molecular formula is C25H38O4S. The summed E-state index contributed by atoms with van der Waals surface area (Å²) in [4.78, 5) is 8.09. The van der Waals surface area contributed by atoms with Gasteiger partial charge in [-0.15, -0.1) is 0 Å². The zero-order chi connectivity index (χ0) is 22.2. The molecule has 0 radical (unpaired) electrons. The van der Waals surface area contributed by atoms with Gasteiger partial charge in [-0.3, -0.25) is 4.55 Å². The van der Waals surface area contributed by atoms with Gasteiger partial charge in [-0.2, -0.15) is 8.42 Å². The molecule has 168 valence electrons. The maximum absolute atomic E-state index is 11.9. The molecule has 0 aliphatic rings. The maximum Gasteiger partial charge on any atom is 0.295 e. The van der Waals surface area contributed by atoms with Crippen LogP contribution in [0, 0.1) is 0 Å². The lowest BCUT2D eigenvalue weighted by Gasteiger charge is -2.11. The summed E-state index contributed by atoms with van der Waals surface area (Å²) in [6.07, 6.45) is 16.0. The van der Waals surface area contributed by atoms with E-state index in [4.69, 9.17) is 4.79 Å². The van der Waals surface area contributed by atoms with E-state index in [0.29, 0.717) is 11.8 Å². The highest BCUT2D eigenvalue weighted by atomic mass is 32.2. The van der Waals surface area contributed by atoms with E-state index in [1.165, 1.54) is 64.2 Å². The average molecular weight is 435 g/mol. The van der Waals surface area contributed by atoms with E-state index in [1.54, 1.807) is 6.07 Å². The minimum Gasteiger partial charge on any atom is -0.307 e. The van der Waals surface area contributed by atoms with E-state index in [0.717, 1.165) is 23.8 Å². The van der Waals surface area contributed by atoms with E-state index in [9.17, 15) is 13.0 Å². The Hall–Kier alpha value is -1.72. The first-order valence-corrected chi connectivity index (χ1v) is 12.7. The van der Waals surface area contributed by atoms with Crippen LogP contribution >= 0.6 is 0 Å². The number of aryl methyl sites for hydroxylation is 1. The van der Waals surface area contributed by atoms with Gasteiger partial charge in [0.25, 0.3) is 10.1 Å². The Balaban J connectivity index is 0.00000218. The molecule has 4 nitrogen and oxygen atoms in total. The van der Waals surface area contributed by atoms with Gasteiger partial charge in [-0.25, -0.2) is 0 Å². The van der Waals surface area contributed by atoms with E-state index >= 15 is 0 Å². The predicted molar refractivity (Wildman–Crippen MR) is 126 cm³/mol. The van der Waals surface area contributed by atoms with Crippen molar-refractivity contribution in [2.45, 2.75) is 95.3 Å². The highest BCUT2D eigenvalue weighted by Gasteiger charge is 2.18. The second kappa shape index (κ2) is 15.1. The summed E-state index contributed by atoms with van der Waals surface area (Å²) in [6.45, 7) is 4.25. The zero-order valence-electron chi connectivity index (χ0n) is 18.4. The smallest absolute Gasteiger partial charge is 0.295 e. The van der Waals surface area contributed by atoms with Crippen LogP contribution in [0.15, 0.2) is 41.3 Å². The van der Waals surface area contributed by atoms with Crippen LogP contribution in [0.4, 0.5) is 0 Å². The Morgan fingerprint density at radius 2 is 1.23 bits per heavy atom. The summed E-state index contributed by atoms with van der Waals surface area (Å²) in [7, 11) is -4.23. The molecule has 0 amide bonds. The van der Waals surface area contributed by atoms with Crippen molar-refractivity contribution in [2.75, 3.05) is 0 Å². The molecule has 2 aromatic carbocycles. The van der Waals surface area contributed by atoms with Gasteiger partial charge in [0.1, 0.15) is 11.7 Å². The average Bonchev–Trinajstić information content (AvgIpc) is 2.74. The van der Waals surface area contributed by atoms with Gasteiger partial charge >= 0.3 is 0 Å². The number of carbonyl (C=O) groups is 1. The monoisotopic (exact) mass is 434 g/mol. The molecule has 0 heterocycles. The molecule has 0 saturated carbocycles. The van der Waals surface area contributed by atoms with Gasteiger partial charge in [-0.05, 0) is 23.8 Å². The lowest BCUT2D eigenvalue weighted by molar-refractivity contribution is -0.0980. The second-order valence-corrected chi connectivity index (χ2v) is 9.25. The second-order valence-electron chi connectivity index (χ2n) is 7.89. The first-order chi connectivity index (χ1) is 14.5. The zero-order valence-corrected chi connectivity index (χ0v) is 19.3. The predicted octanol–water partition coefficient (Wildman–Crippen LogP) is 7.15. The lowest BCUT2D eigenvalue weighted by Crippen LogP contribution is -2.04. The summed E-state index contributed by atoms with van der Waals surface area (Å²) in [5.41, 5.74) is 0.730. The Bertz CT molecular complexity index is 830. The molecular weight excluding hydrogens is 396 g/mol. The summed E-state index contributed by atoms with van der Waals surface area (Å²) >= 11 is 0. The van der Waals surface area contributed by atoms with Crippen molar-refractivity contribution in [1.29, 1.82) is 0 Å². The van der Waals surface area contributed by atoms with Crippen molar-refractivity contribution in [2.24, 2.45) is 0 Å². The molecule has 1 N–H and O–H groups in total. The molecule has 0 unspecified atom stereocenters. The molecule has 5 heteroatoms. The fraction of sp³-hybridized carbons (Fsp3) is 0.560. The number of hydrogen-bond acceptors (Lipinski definition) is 3. The molecule has 2 rings (SSSR count).